The van der Waals surface area contributed by atoms with E-state index in [1.54, 1.807) is 29.5 Å². The maximum Gasteiger partial charge on any atom is 0.171 e. The molecule has 0 aliphatic carbocycles. The number of hydrogen-bond donors (Lipinski definition) is 1. The minimum absolute atomic E-state index is 0.0135. The predicted molar refractivity (Wildman–Crippen MR) is 51.8 cm³/mol. The van der Waals surface area contributed by atoms with Gasteiger partial charge in [0.05, 0.1) is 12.4 Å². The van der Waals surface area contributed by atoms with Gasteiger partial charge in [-0.15, -0.1) is 0 Å². The summed E-state index contributed by atoms with van der Waals surface area (Å²) in [5.74, 6) is 0.694. The van der Waals surface area contributed by atoms with Crippen LogP contribution < -0.4 is 5.73 Å². The van der Waals surface area contributed by atoms with Crippen molar-refractivity contribution in [3.63, 3.8) is 0 Å². The highest BCUT2D eigenvalue weighted by Crippen LogP contribution is 2.09. The van der Waals surface area contributed by atoms with Gasteiger partial charge in [0.15, 0.2) is 5.82 Å². The summed E-state index contributed by atoms with van der Waals surface area (Å²) in [7, 11) is 0. The Kier molecular flexibility index (Phi) is 2.24. The largest absolute Gasteiger partial charge is 0.324 e. The van der Waals surface area contributed by atoms with E-state index in [1.807, 2.05) is 13.1 Å². The molecule has 0 aromatic carbocycles. The van der Waals surface area contributed by atoms with Crippen molar-refractivity contribution in [2.45, 2.75) is 13.0 Å². The zero-order chi connectivity index (χ0) is 9.97. The zero-order valence-electron chi connectivity index (χ0n) is 7.83. The number of nitrogens with zero attached hydrogens (tertiary/aromatic N) is 4. The molecule has 0 saturated heterocycles. The fourth-order valence-corrected chi connectivity index (χ4v) is 1.11. The third-order valence-electron chi connectivity index (χ3n) is 1.91. The zero-order valence-corrected chi connectivity index (χ0v) is 7.83. The quantitative estimate of drug-likeness (QED) is 0.754. The van der Waals surface area contributed by atoms with Crippen LogP contribution in [0.25, 0.3) is 5.82 Å². The standard InChI is InChI=1S/C9H11N5/c1-7(10)8-4-13-14(6-8)9-5-11-2-3-12-9/h2-7H,10H2,1H3/t7-/m0/s1. The molecule has 72 valence electrons. The van der Waals surface area contributed by atoms with Crippen LogP contribution in [0.4, 0.5) is 0 Å². The molecule has 5 nitrogen and oxygen atoms in total. The van der Waals surface area contributed by atoms with E-state index in [2.05, 4.69) is 15.1 Å². The average molecular weight is 189 g/mol. The Hall–Kier alpha value is -1.75. The van der Waals surface area contributed by atoms with Gasteiger partial charge in [0, 0.05) is 30.2 Å². The first-order valence-corrected chi connectivity index (χ1v) is 4.34. The van der Waals surface area contributed by atoms with Gasteiger partial charge in [-0.2, -0.15) is 5.10 Å². The number of aromatic nitrogens is 4. The SMILES string of the molecule is C[C@H](N)c1cnn(-c2cnccn2)c1. The van der Waals surface area contributed by atoms with Gasteiger partial charge < -0.3 is 5.73 Å². The Morgan fingerprint density at radius 1 is 1.36 bits per heavy atom. The molecular formula is C9H11N5. The molecule has 0 bridgehead atoms. The molecule has 2 aromatic rings. The average Bonchev–Trinajstić information content (AvgIpc) is 2.68. The van der Waals surface area contributed by atoms with Crippen molar-refractivity contribution >= 4 is 0 Å². The van der Waals surface area contributed by atoms with Crippen molar-refractivity contribution < 1.29 is 0 Å². The number of nitrogens with two attached hydrogens (primary N) is 1. The highest BCUT2D eigenvalue weighted by Gasteiger charge is 2.04. The van der Waals surface area contributed by atoms with Gasteiger partial charge in [-0.05, 0) is 6.92 Å². The van der Waals surface area contributed by atoms with E-state index >= 15 is 0 Å². The van der Waals surface area contributed by atoms with Crippen LogP contribution in [0.5, 0.6) is 0 Å². The van der Waals surface area contributed by atoms with Crippen LogP contribution in [0.1, 0.15) is 18.5 Å². The minimum Gasteiger partial charge on any atom is -0.324 e. The van der Waals surface area contributed by atoms with Crippen LogP contribution in [0.2, 0.25) is 0 Å². The Bertz CT molecular complexity index is 406. The summed E-state index contributed by atoms with van der Waals surface area (Å²) >= 11 is 0. The molecule has 2 aromatic heterocycles. The first-order valence-electron chi connectivity index (χ1n) is 4.34. The van der Waals surface area contributed by atoms with Crippen LogP contribution in [0.15, 0.2) is 31.0 Å². The summed E-state index contributed by atoms with van der Waals surface area (Å²) in [5.41, 5.74) is 6.70. The molecule has 0 saturated carbocycles. The minimum atomic E-state index is -0.0135. The van der Waals surface area contributed by atoms with Gasteiger partial charge in [-0.3, -0.25) is 4.98 Å². The summed E-state index contributed by atoms with van der Waals surface area (Å²) in [6.45, 7) is 1.91. The van der Waals surface area contributed by atoms with Crippen molar-refractivity contribution in [3.05, 3.63) is 36.5 Å². The Morgan fingerprint density at radius 3 is 2.79 bits per heavy atom. The first-order chi connectivity index (χ1) is 6.77. The van der Waals surface area contributed by atoms with Crippen LogP contribution in [0, 0.1) is 0 Å². The first kappa shape index (κ1) is 8.83. The lowest BCUT2D eigenvalue weighted by Gasteiger charge is -1.99. The molecule has 0 aliphatic heterocycles. The van der Waals surface area contributed by atoms with E-state index in [-0.39, 0.29) is 6.04 Å². The second-order valence-electron chi connectivity index (χ2n) is 3.07. The van der Waals surface area contributed by atoms with Crippen molar-refractivity contribution in [1.29, 1.82) is 0 Å². The summed E-state index contributed by atoms with van der Waals surface area (Å²) in [4.78, 5) is 8.08. The molecule has 2 heterocycles. The molecule has 5 heteroatoms. The van der Waals surface area contributed by atoms with Crippen LogP contribution in [0.3, 0.4) is 0 Å². The molecule has 0 amide bonds. The Morgan fingerprint density at radius 2 is 2.21 bits per heavy atom. The molecule has 14 heavy (non-hydrogen) atoms. The van der Waals surface area contributed by atoms with Crippen LogP contribution in [-0.2, 0) is 0 Å². The van der Waals surface area contributed by atoms with Crippen molar-refractivity contribution in [2.24, 2.45) is 5.73 Å². The second kappa shape index (κ2) is 3.55. The van der Waals surface area contributed by atoms with E-state index in [1.165, 1.54) is 0 Å². The molecule has 0 unspecified atom stereocenters. The lowest BCUT2D eigenvalue weighted by molar-refractivity contribution is 0.811. The Balaban J connectivity index is 2.34. The third kappa shape index (κ3) is 1.62. The van der Waals surface area contributed by atoms with Gasteiger partial charge in [-0.25, -0.2) is 9.67 Å². The normalized spacial score (nSPS) is 12.7. The van der Waals surface area contributed by atoms with Gasteiger partial charge in [0.25, 0.3) is 0 Å². The predicted octanol–water partition coefficient (Wildman–Crippen LogP) is 0.682. The van der Waals surface area contributed by atoms with Crippen molar-refractivity contribution in [2.75, 3.05) is 0 Å². The maximum absolute atomic E-state index is 5.72. The summed E-state index contributed by atoms with van der Waals surface area (Å²) in [6.07, 6.45) is 8.49. The number of rotatable bonds is 2. The van der Waals surface area contributed by atoms with Crippen LogP contribution >= 0.6 is 0 Å². The van der Waals surface area contributed by atoms with Crippen molar-refractivity contribution in [3.8, 4) is 5.82 Å². The fourth-order valence-electron chi connectivity index (χ4n) is 1.11. The highest BCUT2D eigenvalue weighted by atomic mass is 15.3. The highest BCUT2D eigenvalue weighted by molar-refractivity contribution is 5.19. The van der Waals surface area contributed by atoms with E-state index in [9.17, 15) is 0 Å². The van der Waals surface area contributed by atoms with Crippen LogP contribution in [-0.4, -0.2) is 19.7 Å². The molecule has 0 aliphatic rings. The monoisotopic (exact) mass is 189 g/mol. The molecule has 1 atom stereocenters. The molecule has 2 N–H and O–H groups in total. The summed E-state index contributed by atoms with van der Waals surface area (Å²) < 4.78 is 1.66. The Labute approximate surface area is 81.6 Å². The molecule has 0 spiro atoms. The van der Waals surface area contributed by atoms with E-state index in [0.717, 1.165) is 5.56 Å². The van der Waals surface area contributed by atoms with E-state index in [0.29, 0.717) is 5.82 Å². The van der Waals surface area contributed by atoms with Gasteiger partial charge in [-0.1, -0.05) is 0 Å². The van der Waals surface area contributed by atoms with Crippen molar-refractivity contribution in [1.82, 2.24) is 19.7 Å². The smallest absolute Gasteiger partial charge is 0.171 e. The van der Waals surface area contributed by atoms with E-state index < -0.39 is 0 Å². The molecule has 2 rings (SSSR count). The molecule has 0 radical (unpaired) electrons. The fraction of sp³-hybridized carbons (Fsp3) is 0.222. The lowest BCUT2D eigenvalue weighted by atomic mass is 10.2. The second-order valence-corrected chi connectivity index (χ2v) is 3.07. The summed E-state index contributed by atoms with van der Waals surface area (Å²) in [5, 5.41) is 4.14. The molecule has 0 fully saturated rings. The number of hydrogen-bond acceptors (Lipinski definition) is 4. The van der Waals surface area contributed by atoms with Gasteiger partial charge in [0.1, 0.15) is 0 Å². The van der Waals surface area contributed by atoms with E-state index in [4.69, 9.17) is 5.73 Å². The maximum atomic E-state index is 5.72. The van der Waals surface area contributed by atoms with Gasteiger partial charge in [0.2, 0.25) is 0 Å². The topological polar surface area (TPSA) is 69.6 Å². The summed E-state index contributed by atoms with van der Waals surface area (Å²) in [6, 6.07) is -0.0135. The lowest BCUT2D eigenvalue weighted by Crippen LogP contribution is -2.03. The molecular weight excluding hydrogens is 178 g/mol. The van der Waals surface area contributed by atoms with Gasteiger partial charge >= 0.3 is 0 Å². The third-order valence-corrected chi connectivity index (χ3v) is 1.91.